The van der Waals surface area contributed by atoms with Gasteiger partial charge in [0.05, 0.1) is 31.1 Å². The van der Waals surface area contributed by atoms with Crippen molar-refractivity contribution in [2.45, 2.75) is 26.0 Å². The minimum atomic E-state index is -0.650. The van der Waals surface area contributed by atoms with Crippen LogP contribution in [-0.4, -0.2) is 53.8 Å². The van der Waals surface area contributed by atoms with Crippen LogP contribution in [0.25, 0.3) is 11.3 Å². The molecule has 0 spiro atoms. The van der Waals surface area contributed by atoms with Gasteiger partial charge in [-0.25, -0.2) is 23.7 Å². The van der Waals surface area contributed by atoms with Gasteiger partial charge in [-0.2, -0.15) is 0 Å². The van der Waals surface area contributed by atoms with E-state index < -0.39 is 11.6 Å². The van der Waals surface area contributed by atoms with Gasteiger partial charge in [0.1, 0.15) is 18.1 Å². The SMILES string of the molecule is CC(C)N1CCOc2c(F)cc(-c3nc(Nc4ccc(C5CNCCO5)cn4)ncc3F)cc21. The Hall–Kier alpha value is -3.37. The van der Waals surface area contributed by atoms with Crippen molar-refractivity contribution in [1.82, 2.24) is 20.3 Å². The molecule has 2 N–H and O–H groups in total. The molecule has 4 heterocycles. The molecule has 0 amide bonds. The zero-order chi connectivity index (χ0) is 23.7. The number of pyridine rings is 1. The summed E-state index contributed by atoms with van der Waals surface area (Å²) in [6.07, 6.45) is 2.75. The van der Waals surface area contributed by atoms with Crippen molar-refractivity contribution in [3.8, 4) is 17.0 Å². The molecule has 0 saturated carbocycles. The van der Waals surface area contributed by atoms with Crippen molar-refractivity contribution in [2.75, 3.05) is 43.1 Å². The molecule has 2 aliphatic rings. The predicted molar refractivity (Wildman–Crippen MR) is 124 cm³/mol. The van der Waals surface area contributed by atoms with Crippen molar-refractivity contribution >= 4 is 17.5 Å². The van der Waals surface area contributed by atoms with Gasteiger partial charge in [0.15, 0.2) is 17.4 Å². The Balaban J connectivity index is 1.41. The molecule has 0 aliphatic carbocycles. The summed E-state index contributed by atoms with van der Waals surface area (Å²) in [6.45, 7) is 7.27. The number of nitrogens with zero attached hydrogens (tertiary/aromatic N) is 4. The van der Waals surface area contributed by atoms with Crippen molar-refractivity contribution in [1.29, 1.82) is 0 Å². The number of ether oxygens (including phenoxy) is 2. The number of nitrogens with one attached hydrogen (secondary N) is 2. The van der Waals surface area contributed by atoms with Gasteiger partial charge in [0.2, 0.25) is 5.95 Å². The molecular weight excluding hydrogens is 442 g/mol. The first-order valence-corrected chi connectivity index (χ1v) is 11.3. The zero-order valence-electron chi connectivity index (χ0n) is 19.0. The van der Waals surface area contributed by atoms with Gasteiger partial charge >= 0.3 is 0 Å². The van der Waals surface area contributed by atoms with E-state index in [1.807, 2.05) is 24.8 Å². The number of anilines is 3. The molecule has 2 aliphatic heterocycles. The standard InChI is InChI=1S/C24H26F2N6O2/c1-14(2)32-6-8-34-23-17(25)9-16(10-19(23)32)22-18(26)12-29-24(31-22)30-21-4-3-15(11-28-21)20-13-27-5-7-33-20/h3-4,9-12,14,20,27H,5-8,13H2,1-2H3,(H,28,29,30,31). The minimum absolute atomic E-state index is 0.00761. The molecule has 2 aromatic heterocycles. The first-order chi connectivity index (χ1) is 16.5. The number of benzene rings is 1. The van der Waals surface area contributed by atoms with Crippen LogP contribution in [0.3, 0.4) is 0 Å². The van der Waals surface area contributed by atoms with Crippen molar-refractivity contribution in [2.24, 2.45) is 0 Å². The second kappa shape index (κ2) is 9.47. The fourth-order valence-corrected chi connectivity index (χ4v) is 4.17. The van der Waals surface area contributed by atoms with Gasteiger partial charge in [-0.05, 0) is 32.0 Å². The van der Waals surface area contributed by atoms with E-state index in [4.69, 9.17) is 9.47 Å². The summed E-state index contributed by atoms with van der Waals surface area (Å²) in [7, 11) is 0. The third-order valence-electron chi connectivity index (χ3n) is 5.88. The molecule has 0 bridgehead atoms. The number of hydrogen-bond acceptors (Lipinski definition) is 8. The van der Waals surface area contributed by atoms with Gasteiger partial charge in [0.25, 0.3) is 0 Å². The molecule has 0 radical (unpaired) electrons. The molecule has 1 unspecified atom stereocenters. The zero-order valence-corrected chi connectivity index (χ0v) is 19.0. The van der Waals surface area contributed by atoms with Crippen LogP contribution in [0.2, 0.25) is 0 Å². The Morgan fingerprint density at radius 1 is 1.12 bits per heavy atom. The topological polar surface area (TPSA) is 84.4 Å². The number of hydrogen-bond donors (Lipinski definition) is 2. The molecule has 1 atom stereocenters. The van der Waals surface area contributed by atoms with E-state index in [1.54, 1.807) is 18.3 Å². The first-order valence-electron chi connectivity index (χ1n) is 11.3. The summed E-state index contributed by atoms with van der Waals surface area (Å²) in [5, 5.41) is 6.28. The lowest BCUT2D eigenvalue weighted by Gasteiger charge is -2.34. The number of halogens is 2. The summed E-state index contributed by atoms with van der Waals surface area (Å²) in [5.74, 6) is -0.369. The van der Waals surface area contributed by atoms with E-state index in [0.29, 0.717) is 36.8 Å². The maximum atomic E-state index is 14.9. The van der Waals surface area contributed by atoms with Crippen LogP contribution >= 0.6 is 0 Å². The molecule has 8 nitrogen and oxygen atoms in total. The van der Waals surface area contributed by atoms with Crippen LogP contribution in [0.15, 0.2) is 36.7 Å². The van der Waals surface area contributed by atoms with E-state index >= 15 is 0 Å². The van der Waals surface area contributed by atoms with E-state index in [-0.39, 0.29) is 29.5 Å². The highest BCUT2D eigenvalue weighted by molar-refractivity contribution is 5.73. The van der Waals surface area contributed by atoms with E-state index in [2.05, 4.69) is 25.6 Å². The third kappa shape index (κ3) is 4.51. The highest BCUT2D eigenvalue weighted by atomic mass is 19.1. The number of fused-ring (bicyclic) bond motifs is 1. The lowest BCUT2D eigenvalue weighted by Crippen LogP contribution is -2.38. The largest absolute Gasteiger partial charge is 0.486 e. The van der Waals surface area contributed by atoms with Crippen LogP contribution in [0, 0.1) is 11.6 Å². The average Bonchev–Trinajstić information content (AvgIpc) is 2.86. The quantitative estimate of drug-likeness (QED) is 0.585. The molecule has 5 rings (SSSR count). The van der Waals surface area contributed by atoms with E-state index in [9.17, 15) is 8.78 Å². The molecule has 1 fully saturated rings. The predicted octanol–water partition coefficient (Wildman–Crippen LogP) is 3.83. The van der Waals surface area contributed by atoms with Gasteiger partial charge < -0.3 is 25.0 Å². The minimum Gasteiger partial charge on any atom is -0.486 e. The van der Waals surface area contributed by atoms with Crippen LogP contribution < -0.4 is 20.3 Å². The van der Waals surface area contributed by atoms with E-state index in [0.717, 1.165) is 24.8 Å². The van der Waals surface area contributed by atoms with Gasteiger partial charge in [-0.3, -0.25) is 0 Å². The molecule has 10 heteroatoms. The van der Waals surface area contributed by atoms with Gasteiger partial charge in [0, 0.05) is 36.5 Å². The Kier molecular flexibility index (Phi) is 6.25. The average molecular weight is 469 g/mol. The number of morpholine rings is 1. The van der Waals surface area contributed by atoms with E-state index in [1.165, 1.54) is 6.07 Å². The molecule has 1 saturated heterocycles. The Morgan fingerprint density at radius 2 is 2.00 bits per heavy atom. The van der Waals surface area contributed by atoms with Gasteiger partial charge in [-0.1, -0.05) is 6.07 Å². The summed E-state index contributed by atoms with van der Waals surface area (Å²) < 4.78 is 40.9. The molecule has 178 valence electrons. The van der Waals surface area contributed by atoms with Gasteiger partial charge in [-0.15, -0.1) is 0 Å². The summed E-state index contributed by atoms with van der Waals surface area (Å²) in [6, 6.07) is 6.78. The van der Waals surface area contributed by atoms with Crippen LogP contribution in [0.1, 0.15) is 25.5 Å². The highest BCUT2D eigenvalue weighted by Gasteiger charge is 2.26. The van der Waals surface area contributed by atoms with Crippen molar-refractivity contribution < 1.29 is 18.3 Å². The van der Waals surface area contributed by atoms with Crippen molar-refractivity contribution in [3.05, 3.63) is 53.9 Å². The number of aromatic nitrogens is 3. The van der Waals surface area contributed by atoms with Crippen LogP contribution in [0.4, 0.5) is 26.2 Å². The molecular formula is C24H26F2N6O2. The molecule has 3 aromatic rings. The molecule has 34 heavy (non-hydrogen) atoms. The normalized spacial score (nSPS) is 17.9. The Morgan fingerprint density at radius 3 is 2.74 bits per heavy atom. The lowest BCUT2D eigenvalue weighted by atomic mass is 10.1. The maximum Gasteiger partial charge on any atom is 0.229 e. The highest BCUT2D eigenvalue weighted by Crippen LogP contribution is 2.39. The summed E-state index contributed by atoms with van der Waals surface area (Å²) >= 11 is 0. The summed E-state index contributed by atoms with van der Waals surface area (Å²) in [5.41, 5.74) is 1.84. The molecule has 1 aromatic carbocycles. The Labute approximate surface area is 196 Å². The maximum absolute atomic E-state index is 14.9. The fourth-order valence-electron chi connectivity index (χ4n) is 4.17. The Bertz CT molecular complexity index is 1170. The fraction of sp³-hybridized carbons (Fsp3) is 0.375. The lowest BCUT2D eigenvalue weighted by molar-refractivity contribution is 0.0275. The summed E-state index contributed by atoms with van der Waals surface area (Å²) in [4.78, 5) is 14.8. The van der Waals surface area contributed by atoms with Crippen molar-refractivity contribution in [3.63, 3.8) is 0 Å². The number of rotatable bonds is 5. The van der Waals surface area contributed by atoms with Crippen LogP contribution in [0.5, 0.6) is 5.75 Å². The third-order valence-corrected chi connectivity index (χ3v) is 5.88. The second-order valence-electron chi connectivity index (χ2n) is 8.50. The smallest absolute Gasteiger partial charge is 0.229 e. The first kappa shape index (κ1) is 22.4. The van der Waals surface area contributed by atoms with Crippen LogP contribution in [-0.2, 0) is 4.74 Å². The second-order valence-corrected chi connectivity index (χ2v) is 8.50. The monoisotopic (exact) mass is 468 g/mol.